The topological polar surface area (TPSA) is 33.5 Å². The second kappa shape index (κ2) is 12.4. The van der Waals surface area contributed by atoms with Crippen LogP contribution < -0.4 is 4.90 Å². The van der Waals surface area contributed by atoms with Crippen LogP contribution >= 0.6 is 27.5 Å². The van der Waals surface area contributed by atoms with E-state index in [4.69, 9.17) is 16.0 Å². The van der Waals surface area contributed by atoms with Gasteiger partial charge in [-0.2, -0.15) is 0 Å². The van der Waals surface area contributed by atoms with E-state index < -0.39 is 0 Å². The molecule has 2 aromatic rings. The van der Waals surface area contributed by atoms with Gasteiger partial charge < -0.3 is 9.32 Å². The summed E-state index contributed by atoms with van der Waals surface area (Å²) in [6.45, 7) is 6.86. The lowest BCUT2D eigenvalue weighted by Gasteiger charge is -2.36. The average Bonchev–Trinajstić information content (AvgIpc) is 3.67. The van der Waals surface area contributed by atoms with Gasteiger partial charge in [0.25, 0.3) is 0 Å². The van der Waals surface area contributed by atoms with Crippen molar-refractivity contribution in [1.82, 2.24) is 0 Å². The molecule has 4 aliphatic rings. The molecule has 1 aliphatic heterocycles. The Morgan fingerprint density at radius 3 is 2.49 bits per heavy atom. The van der Waals surface area contributed by atoms with Crippen molar-refractivity contribution in [2.75, 3.05) is 4.90 Å². The van der Waals surface area contributed by atoms with Crippen molar-refractivity contribution in [3.63, 3.8) is 0 Å². The fraction of sp³-hybridized carbons (Fsp3) is 0.583. The molecular weight excluding hydrogens is 594 g/mol. The summed E-state index contributed by atoms with van der Waals surface area (Å²) in [5.74, 6) is 3.10. The van der Waals surface area contributed by atoms with Crippen molar-refractivity contribution in [1.29, 1.82) is 0 Å². The Morgan fingerprint density at radius 1 is 1.07 bits per heavy atom. The van der Waals surface area contributed by atoms with Crippen molar-refractivity contribution >= 4 is 45.1 Å². The van der Waals surface area contributed by atoms with Crippen molar-refractivity contribution in [3.05, 3.63) is 68.2 Å². The van der Waals surface area contributed by atoms with Gasteiger partial charge in [-0.05, 0) is 126 Å². The third-order valence-corrected chi connectivity index (χ3v) is 11.3. The zero-order valence-corrected chi connectivity index (χ0v) is 27.3. The van der Waals surface area contributed by atoms with Gasteiger partial charge in [0.1, 0.15) is 11.5 Å². The molecule has 1 aromatic carbocycles. The number of hydrogen-bond donors (Lipinski definition) is 0. The third kappa shape index (κ3) is 5.77. The summed E-state index contributed by atoms with van der Waals surface area (Å²) in [5, 5.41) is 0.807. The molecule has 2 heterocycles. The first-order valence-corrected chi connectivity index (χ1v) is 17.4. The number of anilines is 1. The zero-order chi connectivity index (χ0) is 28.7. The van der Waals surface area contributed by atoms with E-state index in [0.717, 1.165) is 53.2 Å². The normalized spacial score (nSPS) is 26.0. The van der Waals surface area contributed by atoms with E-state index in [-0.39, 0.29) is 17.9 Å². The Labute approximate surface area is 259 Å². The third-order valence-electron chi connectivity index (χ3n) is 10.6. The fourth-order valence-electron chi connectivity index (χ4n) is 8.31. The predicted octanol–water partition coefficient (Wildman–Crippen LogP) is 11.1. The molecule has 41 heavy (non-hydrogen) atoms. The minimum atomic E-state index is -0.0859. The fourth-order valence-corrected chi connectivity index (χ4v) is 8.91. The number of ketones is 1. The van der Waals surface area contributed by atoms with Gasteiger partial charge in [-0.15, -0.1) is 0 Å². The molecule has 0 radical (unpaired) electrons. The second-order valence-electron chi connectivity index (χ2n) is 13.0. The molecule has 0 N–H and O–H groups in total. The van der Waals surface area contributed by atoms with Crippen LogP contribution in [0.2, 0.25) is 5.02 Å². The maximum atomic E-state index is 14.8. The maximum absolute atomic E-state index is 14.8. The number of Topliss-reactive ketones (excluding diaryl/α,β-unsaturated/α-hetero) is 1. The zero-order valence-electron chi connectivity index (χ0n) is 24.9. The first-order chi connectivity index (χ1) is 19.9. The van der Waals surface area contributed by atoms with E-state index in [9.17, 15) is 4.79 Å². The smallest absolute Gasteiger partial charge is 0.169 e. The van der Waals surface area contributed by atoms with E-state index in [1.807, 2.05) is 12.1 Å². The van der Waals surface area contributed by atoms with Gasteiger partial charge in [0.2, 0.25) is 0 Å². The van der Waals surface area contributed by atoms with E-state index in [1.165, 1.54) is 67.4 Å². The average molecular weight is 639 g/mol. The van der Waals surface area contributed by atoms with Crippen LogP contribution in [-0.4, -0.2) is 11.8 Å². The van der Waals surface area contributed by atoms with Crippen LogP contribution in [-0.2, 0) is 4.79 Å². The molecule has 5 heteroatoms. The van der Waals surface area contributed by atoms with Gasteiger partial charge in [0, 0.05) is 17.7 Å². The van der Waals surface area contributed by atoms with Crippen LogP contribution in [0.25, 0.3) is 6.08 Å². The summed E-state index contributed by atoms with van der Waals surface area (Å²) in [4.78, 5) is 17.3. The molecule has 4 atom stereocenters. The predicted molar refractivity (Wildman–Crippen MR) is 173 cm³/mol. The number of furan rings is 1. The highest BCUT2D eigenvalue weighted by Gasteiger charge is 2.48. The SMILES string of the molecule is CCC(C(=O)C1C2=C(/C(=C/c3ccc(Br)o3)CCC2)N(c2ccc(C3CC3)cc2Cl)C1CC)[C@H](C)C1CCCCC1. The van der Waals surface area contributed by atoms with Crippen LogP contribution in [0, 0.1) is 23.7 Å². The molecule has 0 spiro atoms. The van der Waals surface area contributed by atoms with Gasteiger partial charge in [-0.3, -0.25) is 4.79 Å². The van der Waals surface area contributed by atoms with Crippen LogP contribution in [0.15, 0.2) is 56.3 Å². The lowest BCUT2D eigenvalue weighted by Crippen LogP contribution is -2.41. The van der Waals surface area contributed by atoms with E-state index >= 15 is 0 Å². The number of hydrogen-bond acceptors (Lipinski definition) is 3. The first-order valence-electron chi connectivity index (χ1n) is 16.2. The quantitative estimate of drug-likeness (QED) is 0.274. The Balaban J connectivity index is 1.43. The molecule has 0 amide bonds. The highest BCUT2D eigenvalue weighted by atomic mass is 79.9. The van der Waals surface area contributed by atoms with Crippen molar-refractivity contribution in [2.24, 2.45) is 23.7 Å². The molecule has 6 rings (SSSR count). The first kappa shape index (κ1) is 29.3. The molecule has 0 saturated heterocycles. The standard InChI is InChI=1S/C36H45BrClNO2/c1-4-28(22(3)23-10-7-6-8-11-23)36(40)34-29-13-9-12-26(20-27-17-19-33(37)41-27)35(29)39(31(34)5-2)32-18-16-25(21-30(32)38)24-14-15-24/h16-24,28,31,34H,4-15H2,1-3H3/b26-20+/t22-,28?,31?,34?/m1/s1. The summed E-state index contributed by atoms with van der Waals surface area (Å²) in [6, 6.07) is 10.7. The number of halogens is 2. The van der Waals surface area contributed by atoms with Crippen molar-refractivity contribution < 1.29 is 9.21 Å². The molecule has 0 bridgehead atoms. The molecule has 2 fully saturated rings. The Hall–Kier alpha value is -1.78. The number of carbonyl (C=O) groups is 1. The van der Waals surface area contributed by atoms with Gasteiger partial charge in [0.05, 0.1) is 16.6 Å². The molecule has 3 unspecified atom stereocenters. The Bertz CT molecular complexity index is 1330. The van der Waals surface area contributed by atoms with E-state index in [0.29, 0.717) is 23.5 Å². The van der Waals surface area contributed by atoms with Crippen LogP contribution in [0.4, 0.5) is 5.69 Å². The minimum absolute atomic E-state index is 0.0780. The number of rotatable bonds is 9. The van der Waals surface area contributed by atoms with Crippen molar-refractivity contribution in [3.8, 4) is 0 Å². The molecule has 3 nitrogen and oxygen atoms in total. The summed E-state index contributed by atoms with van der Waals surface area (Å²) in [7, 11) is 0. The lowest BCUT2D eigenvalue weighted by atomic mass is 9.69. The number of allylic oxidation sites excluding steroid dienone is 1. The van der Waals surface area contributed by atoms with E-state index in [1.54, 1.807) is 0 Å². The monoisotopic (exact) mass is 637 g/mol. The Morgan fingerprint density at radius 2 is 1.85 bits per heavy atom. The van der Waals surface area contributed by atoms with Gasteiger partial charge in [-0.1, -0.05) is 70.5 Å². The van der Waals surface area contributed by atoms with Crippen LogP contribution in [0.5, 0.6) is 0 Å². The number of benzene rings is 1. The highest BCUT2D eigenvalue weighted by Crippen LogP contribution is 2.52. The molecule has 1 aromatic heterocycles. The number of nitrogens with zero attached hydrogens (tertiary/aromatic N) is 1. The Kier molecular flexibility index (Phi) is 8.90. The van der Waals surface area contributed by atoms with Gasteiger partial charge in [-0.25, -0.2) is 0 Å². The summed E-state index contributed by atoms with van der Waals surface area (Å²) in [6.07, 6.45) is 16.1. The highest BCUT2D eigenvalue weighted by molar-refractivity contribution is 9.10. The minimum Gasteiger partial charge on any atom is -0.450 e. The summed E-state index contributed by atoms with van der Waals surface area (Å²) in [5.41, 5.74) is 6.22. The van der Waals surface area contributed by atoms with Gasteiger partial charge >= 0.3 is 0 Å². The molecular formula is C36H45BrClNO2. The lowest BCUT2D eigenvalue weighted by molar-refractivity contribution is -0.128. The largest absolute Gasteiger partial charge is 0.450 e. The summed E-state index contributed by atoms with van der Waals surface area (Å²) < 4.78 is 6.67. The second-order valence-corrected chi connectivity index (χ2v) is 14.2. The van der Waals surface area contributed by atoms with Crippen molar-refractivity contribution in [2.45, 2.75) is 110 Å². The van der Waals surface area contributed by atoms with Crippen LogP contribution in [0.1, 0.15) is 115 Å². The van der Waals surface area contributed by atoms with Gasteiger partial charge in [0.15, 0.2) is 4.67 Å². The maximum Gasteiger partial charge on any atom is 0.169 e. The molecule has 3 aliphatic carbocycles. The molecule has 2 saturated carbocycles. The summed E-state index contributed by atoms with van der Waals surface area (Å²) >= 11 is 10.6. The molecule has 220 valence electrons. The van der Waals surface area contributed by atoms with E-state index in [2.05, 4.69) is 65.9 Å². The van der Waals surface area contributed by atoms with Crippen LogP contribution in [0.3, 0.4) is 0 Å². The number of carbonyl (C=O) groups excluding carboxylic acids is 1.